The second-order valence-electron chi connectivity index (χ2n) is 25.6. The highest BCUT2D eigenvalue weighted by Crippen LogP contribution is 2.40. The molecule has 104 heavy (non-hydrogen) atoms. The van der Waals surface area contributed by atoms with E-state index >= 15 is 0 Å². The van der Waals surface area contributed by atoms with E-state index in [9.17, 15) is 30.2 Å². The molecular formula is C82H98N12O9S. The van der Waals surface area contributed by atoms with Crippen molar-refractivity contribution in [2.45, 2.75) is 113 Å². The topological polar surface area (TPSA) is 239 Å². The number of amides is 3. The number of piperidine rings is 1. The Kier molecular flexibility index (Phi) is 28.6. The molecule has 6 aromatic carbocycles. The Balaban J connectivity index is 0.000000167. The summed E-state index contributed by atoms with van der Waals surface area (Å²) >= 11 is 2.03. The average Bonchev–Trinajstić information content (AvgIpc) is 1.62. The predicted molar refractivity (Wildman–Crippen MR) is 415 cm³/mol. The minimum Gasteiger partial charge on any atom is -0.493 e. The van der Waals surface area contributed by atoms with Crippen molar-refractivity contribution < 1.29 is 42.8 Å². The number of carbonyl (C=O) groups excluding carboxylic acids is 3. The molecule has 0 unspecified atom stereocenters. The van der Waals surface area contributed by atoms with Crippen LogP contribution in [0.4, 0.5) is 31.4 Å². The number of anilines is 3. The number of aryl methyl sites for hydroxylation is 3. The molecule has 0 aliphatic carbocycles. The van der Waals surface area contributed by atoms with Gasteiger partial charge in [-0.25, -0.2) is 14.4 Å². The number of benzene rings is 6. The van der Waals surface area contributed by atoms with Gasteiger partial charge in [0.15, 0.2) is 0 Å². The lowest BCUT2D eigenvalue weighted by Crippen LogP contribution is -2.33. The maximum atomic E-state index is 11.9. The Morgan fingerprint density at radius 2 is 0.750 bits per heavy atom. The van der Waals surface area contributed by atoms with Gasteiger partial charge in [0, 0.05) is 121 Å². The highest BCUT2D eigenvalue weighted by molar-refractivity contribution is 7.99. The Bertz CT molecular complexity index is 4280. The number of hydrogen-bond donors (Lipinski definition) is 3. The van der Waals surface area contributed by atoms with Crippen molar-refractivity contribution in [3.8, 4) is 69.2 Å². The zero-order chi connectivity index (χ0) is 73.2. The highest BCUT2D eigenvalue weighted by Gasteiger charge is 2.24. The van der Waals surface area contributed by atoms with Gasteiger partial charge in [0.2, 0.25) is 0 Å². The van der Waals surface area contributed by atoms with Crippen molar-refractivity contribution in [3.05, 3.63) is 144 Å². The van der Waals surface area contributed by atoms with E-state index in [0.717, 1.165) is 129 Å². The van der Waals surface area contributed by atoms with Crippen LogP contribution in [0.25, 0.3) is 66.5 Å². The van der Waals surface area contributed by atoms with Gasteiger partial charge in [0.1, 0.15) is 35.5 Å². The van der Waals surface area contributed by atoms with E-state index in [2.05, 4.69) is 83.3 Å². The van der Waals surface area contributed by atoms with Crippen LogP contribution in [-0.2, 0) is 33.8 Å². The largest absolute Gasteiger partial charge is 0.493 e. The van der Waals surface area contributed by atoms with E-state index in [-0.39, 0.29) is 0 Å². The van der Waals surface area contributed by atoms with Crippen LogP contribution in [0.15, 0.2) is 127 Å². The number of aromatic nitrogens is 3. The third-order valence-electron chi connectivity index (χ3n) is 18.8. The fourth-order valence-corrected chi connectivity index (χ4v) is 14.9. The predicted octanol–water partition coefficient (Wildman–Crippen LogP) is 17.2. The van der Waals surface area contributed by atoms with E-state index in [0.29, 0.717) is 86.5 Å². The Hall–Kier alpha value is -10.2. The summed E-state index contributed by atoms with van der Waals surface area (Å²) < 4.78 is 39.5. The van der Waals surface area contributed by atoms with Crippen molar-refractivity contribution in [2.75, 3.05) is 126 Å². The SMILES string of the molecule is CCOC(=O)Nc1ccc(-c2c(C#N)c3ccc(OCCCN4CCCCC4)cc3n2CC)cc1.CCOC(=O)Nc1ccc(-c2c(C#N)c3ccc(OCCCN4CCSCC4)cc3n2CC)cc1.CCOC(=O)Nc1cccc(-c2c(C#N)c3ccc(OCCCN4CCCC4)cc3n2CC)c1. The molecule has 0 atom stereocenters. The summed E-state index contributed by atoms with van der Waals surface area (Å²) in [6.07, 6.45) is 8.11. The quantitative estimate of drug-likeness (QED) is 0.0320. The molecule has 3 amide bonds. The molecule has 546 valence electrons. The van der Waals surface area contributed by atoms with Crippen molar-refractivity contribution in [1.29, 1.82) is 15.8 Å². The van der Waals surface area contributed by atoms with Gasteiger partial charge in [-0.1, -0.05) is 42.8 Å². The Morgan fingerprint density at radius 1 is 0.404 bits per heavy atom. The van der Waals surface area contributed by atoms with Crippen LogP contribution >= 0.6 is 11.8 Å². The van der Waals surface area contributed by atoms with Crippen molar-refractivity contribution in [2.24, 2.45) is 0 Å². The second kappa shape index (κ2) is 38.9. The summed E-state index contributed by atoms with van der Waals surface area (Å²) in [5.74, 6) is 4.91. The molecule has 0 spiro atoms. The van der Waals surface area contributed by atoms with Crippen LogP contribution in [0.3, 0.4) is 0 Å². The van der Waals surface area contributed by atoms with Crippen LogP contribution < -0.4 is 30.2 Å². The Labute approximate surface area is 615 Å². The maximum absolute atomic E-state index is 11.9. The summed E-state index contributed by atoms with van der Waals surface area (Å²) in [6.45, 7) is 27.0. The van der Waals surface area contributed by atoms with Gasteiger partial charge in [0.05, 0.1) is 90.0 Å². The van der Waals surface area contributed by atoms with Crippen molar-refractivity contribution in [1.82, 2.24) is 28.4 Å². The van der Waals surface area contributed by atoms with Crippen molar-refractivity contribution >= 4 is 79.8 Å². The van der Waals surface area contributed by atoms with E-state index in [4.69, 9.17) is 28.4 Å². The van der Waals surface area contributed by atoms with Gasteiger partial charge in [-0.3, -0.25) is 16.0 Å². The zero-order valence-electron chi connectivity index (χ0n) is 61.0. The Morgan fingerprint density at radius 3 is 1.11 bits per heavy atom. The molecule has 6 heterocycles. The number of carbonyl (C=O) groups is 3. The minimum absolute atomic E-state index is 0.302. The lowest BCUT2D eigenvalue weighted by molar-refractivity contribution is 0.167. The second-order valence-corrected chi connectivity index (χ2v) is 26.8. The molecular weight excluding hydrogens is 1330 g/mol. The number of nitriles is 3. The summed E-state index contributed by atoms with van der Waals surface area (Å²) in [7, 11) is 0. The van der Waals surface area contributed by atoms with Gasteiger partial charge in [-0.2, -0.15) is 27.5 Å². The minimum atomic E-state index is -0.497. The molecule has 3 N–H and O–H groups in total. The van der Waals surface area contributed by atoms with Gasteiger partial charge < -0.3 is 56.8 Å². The lowest BCUT2D eigenvalue weighted by atomic mass is 10.1. The van der Waals surface area contributed by atoms with Crippen LogP contribution in [0.1, 0.15) is 110 Å². The van der Waals surface area contributed by atoms with Crippen LogP contribution in [0.2, 0.25) is 0 Å². The number of rotatable bonds is 27. The van der Waals surface area contributed by atoms with Gasteiger partial charge in [-0.15, -0.1) is 0 Å². The first-order chi connectivity index (χ1) is 50.9. The van der Waals surface area contributed by atoms with Gasteiger partial charge >= 0.3 is 18.3 Å². The molecule has 0 saturated carbocycles. The monoisotopic (exact) mass is 1430 g/mol. The van der Waals surface area contributed by atoms with E-state index < -0.39 is 18.3 Å². The van der Waals surface area contributed by atoms with Crippen molar-refractivity contribution in [3.63, 3.8) is 0 Å². The van der Waals surface area contributed by atoms with Crippen LogP contribution in [-0.4, -0.2) is 157 Å². The molecule has 21 nitrogen and oxygen atoms in total. The third-order valence-corrected chi connectivity index (χ3v) is 19.8. The average molecular weight is 1430 g/mol. The fraction of sp³-hybridized carbons (Fsp3) is 0.415. The molecule has 3 aliphatic rings. The smallest absolute Gasteiger partial charge is 0.411 e. The van der Waals surface area contributed by atoms with E-state index in [1.54, 1.807) is 26.8 Å². The molecule has 3 aliphatic heterocycles. The number of thioether (sulfide) groups is 1. The summed E-state index contributed by atoms with van der Waals surface area (Å²) in [4.78, 5) is 42.8. The molecule has 3 aromatic heterocycles. The van der Waals surface area contributed by atoms with Crippen LogP contribution in [0, 0.1) is 34.0 Å². The van der Waals surface area contributed by atoms with Gasteiger partial charge in [0.25, 0.3) is 0 Å². The number of nitrogens with one attached hydrogen (secondary N) is 3. The normalized spacial score (nSPS) is 13.9. The number of ether oxygens (including phenoxy) is 6. The summed E-state index contributed by atoms with van der Waals surface area (Å²) in [5.41, 5.74) is 12.0. The number of likely N-dealkylation sites (tertiary alicyclic amines) is 2. The maximum Gasteiger partial charge on any atom is 0.411 e. The summed E-state index contributed by atoms with van der Waals surface area (Å²) in [5, 5.41) is 40.9. The van der Waals surface area contributed by atoms with E-state index in [1.165, 1.54) is 82.9 Å². The first-order valence-electron chi connectivity index (χ1n) is 36.9. The molecule has 3 fully saturated rings. The highest BCUT2D eigenvalue weighted by atomic mass is 32.2. The first kappa shape index (κ1) is 76.5. The first-order valence-corrected chi connectivity index (χ1v) is 38.0. The molecule has 0 radical (unpaired) electrons. The van der Waals surface area contributed by atoms with Gasteiger partial charge in [-0.05, 0) is 197 Å². The molecule has 22 heteroatoms. The number of nitrogens with zero attached hydrogens (tertiary/aromatic N) is 9. The molecule has 0 bridgehead atoms. The standard InChI is InChI=1S/C28H34N4O3.C27H32N4O3S.C27H32N4O3/c1-3-32-26-19-23(35-18-8-17-31-15-6-5-7-16-31)13-14-24(26)25(20-29)27(32)21-9-11-22(12-10-21)30-28(33)34-4-2;1-3-31-25-18-22(34-15-5-12-30-13-16-35-17-14-30)10-11-23(25)24(19-28)26(31)20-6-8-21(9-7-20)29-27(32)33-4-2;1-3-31-25-18-22(34-16-8-15-30-13-5-6-14-30)11-12-23(25)24(19-28)26(31)20-9-7-10-21(17-20)29-27(32)33-4-2/h9-14,19H,3-8,15-18H2,1-2H3,(H,30,33);6-11,18H,3-5,12-17H2,1-2H3,(H,29,32);7,9-12,17-18H,3-6,8,13-16H2,1-2H3,(H,29,32). The molecule has 9 aromatic rings. The molecule has 12 rings (SSSR count). The van der Waals surface area contributed by atoms with Crippen LogP contribution in [0.5, 0.6) is 17.2 Å². The number of hydrogen-bond acceptors (Lipinski definition) is 16. The number of fused-ring (bicyclic) bond motifs is 3. The fourth-order valence-electron chi connectivity index (χ4n) is 14.0. The molecule has 3 saturated heterocycles. The zero-order valence-corrected chi connectivity index (χ0v) is 61.8. The summed E-state index contributed by atoms with van der Waals surface area (Å²) in [6, 6.07) is 47.6. The van der Waals surface area contributed by atoms with E-state index in [1.807, 2.05) is 133 Å². The third kappa shape index (κ3) is 19.8. The lowest BCUT2D eigenvalue weighted by Gasteiger charge is -2.26.